The van der Waals surface area contributed by atoms with Crippen LogP contribution in [0.2, 0.25) is 0 Å². The van der Waals surface area contributed by atoms with Crippen molar-refractivity contribution in [3.8, 4) is 5.75 Å². The zero-order chi connectivity index (χ0) is 13.7. The molecule has 0 radical (unpaired) electrons. The van der Waals surface area contributed by atoms with Crippen LogP contribution in [0, 0.1) is 6.92 Å². The first-order valence-corrected chi connectivity index (χ1v) is 6.70. The number of nitrogens with zero attached hydrogens (tertiary/aromatic N) is 2. The normalized spacial score (nSPS) is 10.8. The first kappa shape index (κ1) is 13.6. The lowest BCUT2D eigenvalue weighted by molar-refractivity contribution is 0.474. The quantitative estimate of drug-likeness (QED) is 0.783. The van der Waals surface area contributed by atoms with E-state index in [4.69, 9.17) is 0 Å². The fourth-order valence-corrected chi connectivity index (χ4v) is 2.06. The molecule has 0 bridgehead atoms. The van der Waals surface area contributed by atoms with Gasteiger partial charge in [0.15, 0.2) is 0 Å². The van der Waals surface area contributed by atoms with Crippen LogP contribution in [0.15, 0.2) is 30.5 Å². The molecule has 1 aromatic carbocycles. The highest BCUT2D eigenvalue weighted by molar-refractivity contribution is 5.27. The Morgan fingerprint density at radius 2 is 2.21 bits per heavy atom. The van der Waals surface area contributed by atoms with Crippen molar-refractivity contribution in [2.24, 2.45) is 0 Å². The van der Waals surface area contributed by atoms with Gasteiger partial charge in [-0.2, -0.15) is 5.10 Å². The monoisotopic (exact) mass is 259 g/mol. The summed E-state index contributed by atoms with van der Waals surface area (Å²) in [4.78, 5) is 0. The number of rotatable bonds is 6. The molecule has 0 spiro atoms. The number of aromatic nitrogens is 2. The minimum Gasteiger partial charge on any atom is -0.508 e. The molecule has 2 N–H and O–H groups in total. The zero-order valence-electron chi connectivity index (χ0n) is 11.6. The van der Waals surface area contributed by atoms with Gasteiger partial charge in [0.05, 0.1) is 12.2 Å². The average Bonchev–Trinajstić information content (AvgIpc) is 2.70. The summed E-state index contributed by atoms with van der Waals surface area (Å²) in [7, 11) is 0. The largest absolute Gasteiger partial charge is 0.508 e. The third-order valence-electron chi connectivity index (χ3n) is 3.05. The van der Waals surface area contributed by atoms with E-state index in [1.807, 2.05) is 23.7 Å². The molecule has 102 valence electrons. The van der Waals surface area contributed by atoms with E-state index in [9.17, 15) is 5.11 Å². The summed E-state index contributed by atoms with van der Waals surface area (Å²) in [6.07, 6.45) is 3.21. The van der Waals surface area contributed by atoms with Crippen LogP contribution in [0.4, 0.5) is 0 Å². The number of benzene rings is 1. The van der Waals surface area contributed by atoms with Crippen LogP contribution in [0.5, 0.6) is 5.75 Å². The molecule has 4 nitrogen and oxygen atoms in total. The SMILES string of the molecule is CCCNCc1cn(Cc2cccc(O)c2)nc1C. The molecule has 0 saturated heterocycles. The number of phenols is 1. The molecule has 0 aliphatic carbocycles. The highest BCUT2D eigenvalue weighted by atomic mass is 16.3. The van der Waals surface area contributed by atoms with E-state index in [1.165, 1.54) is 5.56 Å². The van der Waals surface area contributed by atoms with E-state index in [0.29, 0.717) is 12.3 Å². The molecule has 19 heavy (non-hydrogen) atoms. The van der Waals surface area contributed by atoms with Crippen molar-refractivity contribution in [3.05, 3.63) is 47.3 Å². The van der Waals surface area contributed by atoms with Gasteiger partial charge in [-0.05, 0) is 37.6 Å². The van der Waals surface area contributed by atoms with Crippen molar-refractivity contribution in [1.82, 2.24) is 15.1 Å². The molecular formula is C15H21N3O. The van der Waals surface area contributed by atoms with Crippen molar-refractivity contribution in [1.29, 1.82) is 0 Å². The van der Waals surface area contributed by atoms with E-state index in [-0.39, 0.29) is 0 Å². The molecule has 2 rings (SSSR count). The lowest BCUT2D eigenvalue weighted by atomic mass is 10.2. The second kappa shape index (κ2) is 6.38. The Bertz CT molecular complexity index is 534. The fraction of sp³-hybridized carbons (Fsp3) is 0.400. The second-order valence-corrected chi connectivity index (χ2v) is 4.78. The van der Waals surface area contributed by atoms with E-state index in [2.05, 4.69) is 23.5 Å². The Labute approximate surface area is 114 Å². The third-order valence-corrected chi connectivity index (χ3v) is 3.05. The van der Waals surface area contributed by atoms with Gasteiger partial charge in [-0.3, -0.25) is 4.68 Å². The summed E-state index contributed by atoms with van der Waals surface area (Å²) in [5.41, 5.74) is 3.34. The summed E-state index contributed by atoms with van der Waals surface area (Å²) in [5, 5.41) is 17.3. The minimum absolute atomic E-state index is 0.297. The standard InChI is InChI=1S/C15H21N3O/c1-3-7-16-9-14-11-18(17-12(14)2)10-13-5-4-6-15(19)8-13/h4-6,8,11,16,19H,3,7,9-10H2,1-2H3. The number of aromatic hydroxyl groups is 1. The minimum atomic E-state index is 0.297. The van der Waals surface area contributed by atoms with Crippen molar-refractivity contribution in [3.63, 3.8) is 0 Å². The molecule has 1 aromatic heterocycles. The number of aryl methyl sites for hydroxylation is 1. The second-order valence-electron chi connectivity index (χ2n) is 4.78. The molecule has 0 atom stereocenters. The molecule has 0 fully saturated rings. The Balaban J connectivity index is 2.03. The van der Waals surface area contributed by atoms with Crippen molar-refractivity contribution < 1.29 is 5.11 Å². The van der Waals surface area contributed by atoms with Gasteiger partial charge in [-0.25, -0.2) is 0 Å². The van der Waals surface area contributed by atoms with Gasteiger partial charge in [-0.15, -0.1) is 0 Å². The molecule has 0 aliphatic heterocycles. The van der Waals surface area contributed by atoms with Gasteiger partial charge in [0.25, 0.3) is 0 Å². The van der Waals surface area contributed by atoms with Crippen molar-refractivity contribution >= 4 is 0 Å². The smallest absolute Gasteiger partial charge is 0.115 e. The van der Waals surface area contributed by atoms with Crippen LogP contribution in [-0.2, 0) is 13.1 Å². The van der Waals surface area contributed by atoms with Gasteiger partial charge < -0.3 is 10.4 Å². The highest BCUT2D eigenvalue weighted by Gasteiger charge is 2.05. The Hall–Kier alpha value is -1.81. The van der Waals surface area contributed by atoms with Gasteiger partial charge in [0, 0.05) is 18.3 Å². The van der Waals surface area contributed by atoms with Gasteiger partial charge in [0.2, 0.25) is 0 Å². The van der Waals surface area contributed by atoms with E-state index < -0.39 is 0 Å². The van der Waals surface area contributed by atoms with Crippen molar-refractivity contribution in [2.45, 2.75) is 33.4 Å². The van der Waals surface area contributed by atoms with Gasteiger partial charge >= 0.3 is 0 Å². The lowest BCUT2D eigenvalue weighted by Gasteiger charge is -2.02. The molecule has 2 aromatic rings. The van der Waals surface area contributed by atoms with Gasteiger partial charge in [-0.1, -0.05) is 19.1 Å². The molecule has 0 aliphatic rings. The summed E-state index contributed by atoms with van der Waals surface area (Å²) in [6.45, 7) is 6.76. The average molecular weight is 259 g/mol. The number of nitrogens with one attached hydrogen (secondary N) is 1. The Kier molecular flexibility index (Phi) is 4.58. The van der Waals surface area contributed by atoms with Crippen LogP contribution in [-0.4, -0.2) is 21.4 Å². The molecule has 1 heterocycles. The number of phenolic OH excluding ortho intramolecular Hbond substituents is 1. The van der Waals surface area contributed by atoms with E-state index in [1.54, 1.807) is 12.1 Å². The predicted octanol–water partition coefficient (Wildman–Crippen LogP) is 2.45. The molecule has 0 amide bonds. The Morgan fingerprint density at radius 3 is 2.95 bits per heavy atom. The third kappa shape index (κ3) is 3.83. The first-order chi connectivity index (χ1) is 9.19. The Morgan fingerprint density at radius 1 is 1.37 bits per heavy atom. The van der Waals surface area contributed by atoms with Crippen LogP contribution in [0.3, 0.4) is 0 Å². The summed E-state index contributed by atoms with van der Waals surface area (Å²) < 4.78 is 1.92. The maximum atomic E-state index is 9.45. The number of hydrogen-bond acceptors (Lipinski definition) is 3. The van der Waals surface area contributed by atoms with Crippen LogP contribution >= 0.6 is 0 Å². The molecular weight excluding hydrogens is 238 g/mol. The zero-order valence-corrected chi connectivity index (χ0v) is 11.6. The van der Waals surface area contributed by atoms with Gasteiger partial charge in [0.1, 0.15) is 5.75 Å². The maximum absolute atomic E-state index is 9.45. The topological polar surface area (TPSA) is 50.1 Å². The molecule has 0 saturated carbocycles. The summed E-state index contributed by atoms with van der Waals surface area (Å²) in [6, 6.07) is 7.29. The maximum Gasteiger partial charge on any atom is 0.115 e. The predicted molar refractivity (Wildman–Crippen MR) is 76.2 cm³/mol. The molecule has 4 heteroatoms. The van der Waals surface area contributed by atoms with Crippen LogP contribution in [0.1, 0.15) is 30.2 Å². The highest BCUT2D eigenvalue weighted by Crippen LogP contribution is 2.13. The fourth-order valence-electron chi connectivity index (χ4n) is 2.06. The lowest BCUT2D eigenvalue weighted by Crippen LogP contribution is -2.13. The van der Waals surface area contributed by atoms with Crippen LogP contribution in [0.25, 0.3) is 0 Å². The number of hydrogen-bond donors (Lipinski definition) is 2. The van der Waals surface area contributed by atoms with E-state index in [0.717, 1.165) is 30.8 Å². The van der Waals surface area contributed by atoms with E-state index >= 15 is 0 Å². The molecule has 0 unspecified atom stereocenters. The van der Waals surface area contributed by atoms with Crippen molar-refractivity contribution in [2.75, 3.05) is 6.54 Å². The first-order valence-electron chi connectivity index (χ1n) is 6.70. The summed E-state index contributed by atoms with van der Waals surface area (Å²) in [5.74, 6) is 0.297. The van der Waals surface area contributed by atoms with Crippen LogP contribution < -0.4 is 5.32 Å². The summed E-state index contributed by atoms with van der Waals surface area (Å²) >= 11 is 0.